The molecule has 0 saturated carbocycles. The van der Waals surface area contributed by atoms with Crippen molar-refractivity contribution in [2.24, 2.45) is 23.7 Å². The summed E-state index contributed by atoms with van der Waals surface area (Å²) in [7, 11) is 0. The monoisotopic (exact) mass is 594 g/mol. The molecule has 242 valence electrons. The normalized spacial score (nSPS) is 18.1. The first-order valence-electron chi connectivity index (χ1n) is 15.7. The lowest BCUT2D eigenvalue weighted by atomic mass is 9.87. The average molecular weight is 595 g/mol. The zero-order valence-electron chi connectivity index (χ0n) is 27.0. The number of carboxylic acid groups (broad SMARTS) is 1. The number of carboxylic acids is 1. The number of hydrogen-bond donors (Lipinski definition) is 5. The quantitative estimate of drug-likeness (QED) is 0.0585. The van der Waals surface area contributed by atoms with Crippen molar-refractivity contribution in [3.05, 3.63) is 34.9 Å². The summed E-state index contributed by atoms with van der Waals surface area (Å²) in [6, 6.07) is 0. The molecule has 8 nitrogen and oxygen atoms in total. The fourth-order valence-electron chi connectivity index (χ4n) is 5.26. The van der Waals surface area contributed by atoms with E-state index in [-0.39, 0.29) is 29.6 Å². The Kier molecular flexibility index (Phi) is 20.4. The Morgan fingerprint density at radius 1 is 0.762 bits per heavy atom. The highest BCUT2D eigenvalue weighted by atomic mass is 16.4. The number of carbonyl (C=O) groups is 3. The van der Waals surface area contributed by atoms with Crippen molar-refractivity contribution in [3.8, 4) is 0 Å². The molecule has 0 bridgehead atoms. The molecule has 42 heavy (non-hydrogen) atoms. The van der Waals surface area contributed by atoms with Crippen LogP contribution in [0, 0.1) is 23.7 Å². The number of aliphatic hydroxyl groups excluding tert-OH is 4. The van der Waals surface area contributed by atoms with Crippen molar-refractivity contribution in [2.45, 2.75) is 131 Å². The third-order valence-corrected chi connectivity index (χ3v) is 8.09. The molecule has 0 fully saturated rings. The summed E-state index contributed by atoms with van der Waals surface area (Å²) in [6.07, 6.45) is 11.6. The lowest BCUT2D eigenvalue weighted by Crippen LogP contribution is -2.41. The smallest absolute Gasteiger partial charge is 0.335 e. The largest absolute Gasteiger partial charge is 0.479 e. The minimum absolute atomic E-state index is 0.0696. The van der Waals surface area contributed by atoms with Crippen molar-refractivity contribution in [3.63, 3.8) is 0 Å². The van der Waals surface area contributed by atoms with Gasteiger partial charge in [0, 0.05) is 30.8 Å². The van der Waals surface area contributed by atoms with Gasteiger partial charge in [0.15, 0.2) is 17.7 Å². The molecule has 0 aliphatic heterocycles. The van der Waals surface area contributed by atoms with Crippen LogP contribution in [0.4, 0.5) is 0 Å². The minimum Gasteiger partial charge on any atom is -0.479 e. The Balaban J connectivity index is 5.02. The van der Waals surface area contributed by atoms with Gasteiger partial charge in [0.1, 0.15) is 0 Å². The highest BCUT2D eigenvalue weighted by Crippen LogP contribution is 2.23. The Morgan fingerprint density at radius 2 is 1.31 bits per heavy atom. The van der Waals surface area contributed by atoms with Gasteiger partial charge in [-0.25, -0.2) is 4.79 Å². The third-order valence-electron chi connectivity index (χ3n) is 8.09. The molecule has 0 aromatic heterocycles. The Bertz CT molecular complexity index is 919. The van der Waals surface area contributed by atoms with Crippen LogP contribution in [0.1, 0.15) is 113 Å². The van der Waals surface area contributed by atoms with Crippen molar-refractivity contribution >= 4 is 17.5 Å². The molecule has 0 aromatic carbocycles. The minimum atomic E-state index is -2.12. The van der Waals surface area contributed by atoms with Gasteiger partial charge in [0.25, 0.3) is 0 Å². The molecule has 0 spiro atoms. The van der Waals surface area contributed by atoms with E-state index in [2.05, 4.69) is 13.8 Å². The molecule has 0 aromatic rings. The Morgan fingerprint density at radius 3 is 1.83 bits per heavy atom. The SMILES string of the molecule is CCCCCCCCCC[C@H](C)[C@@H](O)[C@@H](C)/C=C(C)/C=C(\C)C(=O)[C@H](C)/C=C(\C)C(=O)C[C@@H](CO)[C@@H](O)[C@H](O)C(=O)O. The number of aliphatic hydroxyl groups is 4. The number of Topliss-reactive ketones (excluding diaryl/α,β-unsaturated/α-hetero) is 2. The second kappa shape index (κ2) is 21.5. The summed E-state index contributed by atoms with van der Waals surface area (Å²) in [4.78, 5) is 36.5. The number of carbonyl (C=O) groups excluding carboxylic acids is 2. The van der Waals surface area contributed by atoms with Crippen molar-refractivity contribution in [1.29, 1.82) is 0 Å². The van der Waals surface area contributed by atoms with Crippen LogP contribution >= 0.6 is 0 Å². The molecule has 0 unspecified atom stereocenters. The van der Waals surface area contributed by atoms with Gasteiger partial charge in [-0.2, -0.15) is 0 Å². The van der Waals surface area contributed by atoms with Crippen LogP contribution in [0.2, 0.25) is 0 Å². The highest BCUT2D eigenvalue weighted by molar-refractivity contribution is 6.00. The number of unbranched alkanes of at least 4 members (excludes halogenated alkanes) is 7. The predicted octanol–water partition coefficient (Wildman–Crippen LogP) is 5.57. The summed E-state index contributed by atoms with van der Waals surface area (Å²) < 4.78 is 0. The molecular weight excluding hydrogens is 536 g/mol. The van der Waals surface area contributed by atoms with E-state index >= 15 is 0 Å². The van der Waals surface area contributed by atoms with Crippen molar-refractivity contribution in [2.75, 3.05) is 6.61 Å². The number of aliphatic carboxylic acids is 1. The fraction of sp³-hybridized carbons (Fsp3) is 0.735. The molecule has 0 saturated heterocycles. The summed E-state index contributed by atoms with van der Waals surface area (Å²) >= 11 is 0. The molecular formula is C34H58O8. The second-order valence-electron chi connectivity index (χ2n) is 12.2. The van der Waals surface area contributed by atoms with Gasteiger partial charge in [-0.05, 0) is 44.3 Å². The van der Waals surface area contributed by atoms with Gasteiger partial charge in [-0.15, -0.1) is 0 Å². The average Bonchev–Trinajstić information content (AvgIpc) is 2.94. The lowest BCUT2D eigenvalue weighted by molar-refractivity contribution is -0.156. The Hall–Kier alpha value is -2.13. The molecule has 0 rings (SSSR count). The van der Waals surface area contributed by atoms with Gasteiger partial charge in [0.2, 0.25) is 0 Å². The highest BCUT2D eigenvalue weighted by Gasteiger charge is 2.32. The first kappa shape index (κ1) is 39.9. The topological polar surface area (TPSA) is 152 Å². The Labute approximate surface area is 253 Å². The maximum Gasteiger partial charge on any atom is 0.335 e. The zero-order valence-corrected chi connectivity index (χ0v) is 27.0. The van der Waals surface area contributed by atoms with E-state index in [1.165, 1.54) is 57.9 Å². The van der Waals surface area contributed by atoms with Crippen LogP contribution in [0.25, 0.3) is 0 Å². The fourth-order valence-corrected chi connectivity index (χ4v) is 5.26. The molecule has 0 aliphatic carbocycles. The van der Waals surface area contributed by atoms with Crippen LogP contribution in [0.3, 0.4) is 0 Å². The van der Waals surface area contributed by atoms with Gasteiger partial charge in [-0.3, -0.25) is 9.59 Å². The third kappa shape index (κ3) is 15.4. The summed E-state index contributed by atoms with van der Waals surface area (Å²) in [5, 5.41) is 48.7. The molecule has 0 heterocycles. The molecule has 0 aliphatic rings. The van der Waals surface area contributed by atoms with E-state index in [9.17, 15) is 34.8 Å². The lowest BCUT2D eigenvalue weighted by Gasteiger charge is -2.23. The molecule has 0 amide bonds. The first-order chi connectivity index (χ1) is 19.7. The van der Waals surface area contributed by atoms with Crippen molar-refractivity contribution in [1.82, 2.24) is 0 Å². The van der Waals surface area contributed by atoms with Crippen LogP contribution in [-0.4, -0.2) is 68.0 Å². The van der Waals surface area contributed by atoms with E-state index in [0.717, 1.165) is 18.4 Å². The zero-order chi connectivity index (χ0) is 32.4. The summed E-state index contributed by atoms with van der Waals surface area (Å²) in [5.41, 5.74) is 1.62. The van der Waals surface area contributed by atoms with Gasteiger partial charge < -0.3 is 25.5 Å². The maximum atomic E-state index is 13.0. The van der Waals surface area contributed by atoms with E-state index in [1.807, 2.05) is 19.9 Å². The van der Waals surface area contributed by atoms with Crippen molar-refractivity contribution < 1.29 is 39.9 Å². The standard InChI is InChI=1S/C34H58O8/c1-8-9-10-11-12-13-14-15-16-23(3)30(37)25(5)17-22(2)18-26(6)31(38)27(7)19-24(4)29(36)20-28(21-35)32(39)33(40)34(41)42/h17-19,23,25,27-28,30,32-33,35,37,39-40H,8-16,20-21H2,1-7H3,(H,41,42)/b22-17+,24-19+,26-18+/t23-,25-,27+,28-,30+,32+,33-/m0/s1. The van der Waals surface area contributed by atoms with E-state index in [4.69, 9.17) is 5.11 Å². The summed E-state index contributed by atoms with van der Waals surface area (Å²) in [5.74, 6) is -3.95. The van der Waals surface area contributed by atoms with E-state index < -0.39 is 48.5 Å². The summed E-state index contributed by atoms with van der Waals surface area (Å²) in [6.45, 7) is 12.4. The van der Waals surface area contributed by atoms with Crippen LogP contribution < -0.4 is 0 Å². The van der Waals surface area contributed by atoms with Crippen LogP contribution in [0.15, 0.2) is 34.9 Å². The predicted molar refractivity (Wildman–Crippen MR) is 167 cm³/mol. The van der Waals surface area contributed by atoms with E-state index in [1.54, 1.807) is 19.9 Å². The second-order valence-corrected chi connectivity index (χ2v) is 12.2. The molecule has 5 N–H and O–H groups in total. The number of ketones is 2. The van der Waals surface area contributed by atoms with Gasteiger partial charge in [0.05, 0.1) is 12.2 Å². The van der Waals surface area contributed by atoms with E-state index in [0.29, 0.717) is 5.57 Å². The molecule has 0 radical (unpaired) electrons. The number of rotatable bonds is 23. The number of allylic oxidation sites excluding steroid dienone is 5. The maximum absolute atomic E-state index is 13.0. The molecule has 7 atom stereocenters. The van der Waals surface area contributed by atoms with Crippen LogP contribution in [0.5, 0.6) is 0 Å². The first-order valence-corrected chi connectivity index (χ1v) is 15.7. The van der Waals surface area contributed by atoms with Gasteiger partial charge >= 0.3 is 5.97 Å². The molecule has 8 heteroatoms. The number of hydrogen-bond acceptors (Lipinski definition) is 7. The van der Waals surface area contributed by atoms with Crippen LogP contribution in [-0.2, 0) is 14.4 Å². The van der Waals surface area contributed by atoms with Gasteiger partial charge in [-0.1, -0.05) is 103 Å².